The molecular formula is C13H23N3O. The fourth-order valence-electron chi connectivity index (χ4n) is 2.40. The Morgan fingerprint density at radius 3 is 3.18 bits per heavy atom. The van der Waals surface area contributed by atoms with Crippen molar-refractivity contribution in [2.75, 3.05) is 13.2 Å². The van der Waals surface area contributed by atoms with Gasteiger partial charge in [-0.05, 0) is 25.8 Å². The van der Waals surface area contributed by atoms with Gasteiger partial charge in [-0.3, -0.25) is 4.68 Å². The first-order valence-electron chi connectivity index (χ1n) is 6.70. The summed E-state index contributed by atoms with van der Waals surface area (Å²) in [5, 5.41) is 7.88. The number of hydrogen-bond donors (Lipinski definition) is 1. The average Bonchev–Trinajstić information content (AvgIpc) is 2.79. The van der Waals surface area contributed by atoms with Crippen LogP contribution in [-0.2, 0) is 11.3 Å². The van der Waals surface area contributed by atoms with Crippen LogP contribution in [0.1, 0.15) is 44.8 Å². The Kier molecular flexibility index (Phi) is 4.57. The lowest BCUT2D eigenvalue weighted by atomic mass is 9.99. The summed E-state index contributed by atoms with van der Waals surface area (Å²) in [6.45, 7) is 7.19. The molecule has 1 aromatic heterocycles. The predicted molar refractivity (Wildman–Crippen MR) is 67.9 cm³/mol. The van der Waals surface area contributed by atoms with Gasteiger partial charge in [-0.25, -0.2) is 0 Å². The van der Waals surface area contributed by atoms with E-state index in [2.05, 4.69) is 30.5 Å². The van der Waals surface area contributed by atoms with Gasteiger partial charge < -0.3 is 10.1 Å². The van der Waals surface area contributed by atoms with Crippen molar-refractivity contribution in [2.24, 2.45) is 0 Å². The maximum atomic E-state index is 5.84. The minimum atomic E-state index is 0.221. The summed E-state index contributed by atoms with van der Waals surface area (Å²) in [5.41, 5.74) is 1.22. The molecule has 1 saturated heterocycles. The van der Waals surface area contributed by atoms with E-state index in [0.717, 1.165) is 39.0 Å². The molecule has 0 amide bonds. The van der Waals surface area contributed by atoms with Crippen molar-refractivity contribution in [3.05, 3.63) is 18.0 Å². The van der Waals surface area contributed by atoms with Crippen molar-refractivity contribution >= 4 is 0 Å². The lowest BCUT2D eigenvalue weighted by Gasteiger charge is -2.29. The van der Waals surface area contributed by atoms with Crippen LogP contribution in [0.3, 0.4) is 0 Å². The Hall–Kier alpha value is -0.870. The van der Waals surface area contributed by atoms with Crippen LogP contribution < -0.4 is 5.32 Å². The van der Waals surface area contributed by atoms with E-state index >= 15 is 0 Å². The molecule has 0 radical (unpaired) electrons. The zero-order chi connectivity index (χ0) is 12.1. The molecule has 0 aromatic carbocycles. The minimum Gasteiger partial charge on any atom is -0.373 e. The van der Waals surface area contributed by atoms with Crippen LogP contribution in [0.25, 0.3) is 0 Å². The van der Waals surface area contributed by atoms with Crippen LogP contribution in [0.4, 0.5) is 0 Å². The largest absolute Gasteiger partial charge is 0.373 e. The van der Waals surface area contributed by atoms with Crippen molar-refractivity contribution in [1.29, 1.82) is 0 Å². The van der Waals surface area contributed by atoms with Crippen LogP contribution in [0.2, 0.25) is 0 Å². The summed E-state index contributed by atoms with van der Waals surface area (Å²) in [6.07, 6.45) is 7.60. The molecule has 96 valence electrons. The molecule has 2 heterocycles. The highest BCUT2D eigenvalue weighted by Gasteiger charge is 2.24. The Balaban J connectivity index is 1.95. The van der Waals surface area contributed by atoms with Crippen LogP contribution in [0.15, 0.2) is 12.4 Å². The second kappa shape index (κ2) is 6.17. The van der Waals surface area contributed by atoms with Gasteiger partial charge in [0.2, 0.25) is 0 Å². The van der Waals surface area contributed by atoms with E-state index in [1.807, 2.05) is 10.9 Å². The summed E-state index contributed by atoms with van der Waals surface area (Å²) in [5.74, 6) is 0. The fourth-order valence-corrected chi connectivity index (χ4v) is 2.40. The van der Waals surface area contributed by atoms with Crippen LogP contribution in [-0.4, -0.2) is 29.0 Å². The molecule has 17 heavy (non-hydrogen) atoms. The lowest BCUT2D eigenvalue weighted by molar-refractivity contribution is 0.000543. The van der Waals surface area contributed by atoms with Gasteiger partial charge in [-0.15, -0.1) is 0 Å². The van der Waals surface area contributed by atoms with Crippen LogP contribution >= 0.6 is 0 Å². The van der Waals surface area contributed by atoms with Crippen molar-refractivity contribution in [3.8, 4) is 0 Å². The number of rotatable bonds is 5. The summed E-state index contributed by atoms with van der Waals surface area (Å²) < 4.78 is 7.85. The summed E-state index contributed by atoms with van der Waals surface area (Å²) in [4.78, 5) is 0. The van der Waals surface area contributed by atoms with Crippen LogP contribution in [0, 0.1) is 0 Å². The molecule has 2 atom stereocenters. The molecule has 1 N–H and O–H groups in total. The van der Waals surface area contributed by atoms with Gasteiger partial charge in [0.05, 0.1) is 12.3 Å². The molecule has 1 fully saturated rings. The predicted octanol–water partition coefficient (Wildman–Crippen LogP) is 2.12. The number of hydrogen-bond acceptors (Lipinski definition) is 3. The Bertz CT molecular complexity index is 335. The molecule has 1 aliphatic heterocycles. The smallest absolute Gasteiger partial charge is 0.0870 e. The van der Waals surface area contributed by atoms with E-state index in [9.17, 15) is 0 Å². The third-order valence-electron chi connectivity index (χ3n) is 3.25. The molecule has 0 aliphatic carbocycles. The third kappa shape index (κ3) is 3.30. The second-order valence-corrected chi connectivity index (χ2v) is 4.68. The Morgan fingerprint density at radius 2 is 2.41 bits per heavy atom. The summed E-state index contributed by atoms with van der Waals surface area (Å²) in [6, 6.07) is 0.591. The molecule has 0 bridgehead atoms. The number of aryl methyl sites for hydroxylation is 1. The fraction of sp³-hybridized carbons (Fsp3) is 0.769. The highest BCUT2D eigenvalue weighted by Crippen LogP contribution is 2.27. The number of aromatic nitrogens is 2. The number of ether oxygens (including phenoxy) is 1. The zero-order valence-electron chi connectivity index (χ0n) is 10.9. The monoisotopic (exact) mass is 237 g/mol. The first kappa shape index (κ1) is 12.6. The minimum absolute atomic E-state index is 0.221. The van der Waals surface area contributed by atoms with E-state index < -0.39 is 0 Å². The zero-order valence-corrected chi connectivity index (χ0v) is 10.9. The van der Waals surface area contributed by atoms with Crippen molar-refractivity contribution in [1.82, 2.24) is 15.1 Å². The summed E-state index contributed by atoms with van der Waals surface area (Å²) >= 11 is 0. The van der Waals surface area contributed by atoms with Crippen molar-refractivity contribution in [2.45, 2.75) is 51.8 Å². The highest BCUT2D eigenvalue weighted by molar-refractivity contribution is 5.09. The second-order valence-electron chi connectivity index (χ2n) is 4.68. The van der Waals surface area contributed by atoms with Gasteiger partial charge >= 0.3 is 0 Å². The SMILES string of the molecule is CCCn1cc(C2CC(NCC)CCO2)cn1. The Morgan fingerprint density at radius 1 is 1.53 bits per heavy atom. The molecule has 1 aliphatic rings. The van der Waals surface area contributed by atoms with E-state index in [4.69, 9.17) is 4.74 Å². The molecular weight excluding hydrogens is 214 g/mol. The topological polar surface area (TPSA) is 39.1 Å². The van der Waals surface area contributed by atoms with Crippen molar-refractivity contribution < 1.29 is 4.74 Å². The van der Waals surface area contributed by atoms with E-state index in [-0.39, 0.29) is 6.10 Å². The normalized spacial score (nSPS) is 25.1. The van der Waals surface area contributed by atoms with Gasteiger partial charge in [-0.2, -0.15) is 5.10 Å². The molecule has 2 rings (SSSR count). The van der Waals surface area contributed by atoms with E-state index in [1.54, 1.807) is 0 Å². The average molecular weight is 237 g/mol. The van der Waals surface area contributed by atoms with Gasteiger partial charge in [0.15, 0.2) is 0 Å². The molecule has 4 heteroatoms. The number of nitrogens with one attached hydrogen (secondary N) is 1. The van der Waals surface area contributed by atoms with E-state index in [0.29, 0.717) is 6.04 Å². The van der Waals surface area contributed by atoms with Gasteiger partial charge in [0, 0.05) is 31.0 Å². The first-order valence-corrected chi connectivity index (χ1v) is 6.70. The standard InChI is InChI=1S/C13H23N3O/c1-3-6-16-10-11(9-15-16)13-8-12(14-4-2)5-7-17-13/h9-10,12-14H,3-8H2,1-2H3. The maximum absolute atomic E-state index is 5.84. The van der Waals surface area contributed by atoms with Crippen molar-refractivity contribution in [3.63, 3.8) is 0 Å². The first-order chi connectivity index (χ1) is 8.33. The van der Waals surface area contributed by atoms with Gasteiger partial charge in [-0.1, -0.05) is 13.8 Å². The molecule has 2 unspecified atom stereocenters. The molecule has 1 aromatic rings. The highest BCUT2D eigenvalue weighted by atomic mass is 16.5. The molecule has 0 saturated carbocycles. The van der Waals surface area contributed by atoms with Crippen LogP contribution in [0.5, 0.6) is 0 Å². The lowest BCUT2D eigenvalue weighted by Crippen LogP contribution is -2.35. The van der Waals surface area contributed by atoms with Gasteiger partial charge in [0.25, 0.3) is 0 Å². The Labute approximate surface area is 103 Å². The summed E-state index contributed by atoms with van der Waals surface area (Å²) in [7, 11) is 0. The molecule has 4 nitrogen and oxygen atoms in total. The number of nitrogens with zero attached hydrogens (tertiary/aromatic N) is 2. The molecule has 0 spiro atoms. The maximum Gasteiger partial charge on any atom is 0.0870 e. The van der Waals surface area contributed by atoms with E-state index in [1.165, 1.54) is 5.56 Å². The third-order valence-corrected chi connectivity index (χ3v) is 3.25. The quantitative estimate of drug-likeness (QED) is 0.852. The van der Waals surface area contributed by atoms with Gasteiger partial charge in [0.1, 0.15) is 0 Å².